The van der Waals surface area contributed by atoms with E-state index in [0.29, 0.717) is 5.41 Å². The molecule has 3 aliphatic rings. The fraction of sp³-hybridized carbons (Fsp3) is 1.00. The van der Waals surface area contributed by atoms with Gasteiger partial charge in [0.25, 0.3) is 0 Å². The summed E-state index contributed by atoms with van der Waals surface area (Å²) in [5, 5.41) is 3.82. The van der Waals surface area contributed by atoms with Gasteiger partial charge in [-0.15, -0.1) is 0 Å². The molecule has 0 aromatic heterocycles. The Labute approximate surface area is 132 Å². The van der Waals surface area contributed by atoms with E-state index in [9.17, 15) is 0 Å². The molecule has 0 radical (unpaired) electrons. The molecule has 0 aromatic rings. The van der Waals surface area contributed by atoms with Gasteiger partial charge in [-0.25, -0.2) is 0 Å². The SMILES string of the molecule is CCN(C1CC2CCC(C1)N2)C1CCCCC1C(C)(C)C. The smallest absolute Gasteiger partial charge is 0.0131 e. The average Bonchev–Trinajstić information content (AvgIpc) is 2.78. The molecule has 0 spiro atoms. The molecule has 1 N–H and O–H groups in total. The zero-order chi connectivity index (χ0) is 15.0. The van der Waals surface area contributed by atoms with Crippen LogP contribution in [0.1, 0.15) is 79.1 Å². The maximum absolute atomic E-state index is 3.82. The molecule has 3 rings (SSSR count). The first-order chi connectivity index (χ1) is 9.99. The minimum absolute atomic E-state index is 0.463. The lowest BCUT2D eigenvalue weighted by molar-refractivity contribution is 0.00485. The molecule has 3 fully saturated rings. The summed E-state index contributed by atoms with van der Waals surface area (Å²) in [6.07, 6.45) is 11.4. The van der Waals surface area contributed by atoms with Gasteiger partial charge in [-0.3, -0.25) is 4.90 Å². The van der Waals surface area contributed by atoms with Crippen molar-refractivity contribution in [3.8, 4) is 0 Å². The molecule has 122 valence electrons. The number of nitrogens with zero attached hydrogens (tertiary/aromatic N) is 1. The Morgan fingerprint density at radius 2 is 1.57 bits per heavy atom. The van der Waals surface area contributed by atoms with Gasteiger partial charge >= 0.3 is 0 Å². The lowest BCUT2D eigenvalue weighted by Gasteiger charge is -2.49. The van der Waals surface area contributed by atoms with Crippen molar-refractivity contribution < 1.29 is 0 Å². The number of piperidine rings is 1. The minimum Gasteiger partial charge on any atom is -0.311 e. The van der Waals surface area contributed by atoms with Crippen LogP contribution in [0.5, 0.6) is 0 Å². The molecule has 21 heavy (non-hydrogen) atoms. The Hall–Kier alpha value is -0.0800. The van der Waals surface area contributed by atoms with Crippen molar-refractivity contribution in [2.24, 2.45) is 11.3 Å². The van der Waals surface area contributed by atoms with E-state index in [1.807, 2.05) is 0 Å². The molecule has 2 nitrogen and oxygen atoms in total. The van der Waals surface area contributed by atoms with Crippen molar-refractivity contribution in [2.75, 3.05) is 6.54 Å². The molecule has 2 bridgehead atoms. The lowest BCUT2D eigenvalue weighted by Crippen LogP contribution is -2.55. The summed E-state index contributed by atoms with van der Waals surface area (Å²) in [7, 11) is 0. The molecule has 2 saturated heterocycles. The van der Waals surface area contributed by atoms with Crippen molar-refractivity contribution in [3.63, 3.8) is 0 Å². The van der Waals surface area contributed by atoms with Crippen LogP contribution in [0.25, 0.3) is 0 Å². The van der Waals surface area contributed by atoms with Crippen molar-refractivity contribution in [1.82, 2.24) is 10.2 Å². The largest absolute Gasteiger partial charge is 0.311 e. The summed E-state index contributed by atoms with van der Waals surface area (Å²) in [6, 6.07) is 3.33. The molecule has 2 heterocycles. The van der Waals surface area contributed by atoms with E-state index in [4.69, 9.17) is 0 Å². The Balaban J connectivity index is 1.74. The van der Waals surface area contributed by atoms with Crippen molar-refractivity contribution in [1.29, 1.82) is 0 Å². The van der Waals surface area contributed by atoms with E-state index < -0.39 is 0 Å². The Bertz CT molecular complexity index is 334. The van der Waals surface area contributed by atoms with Crippen LogP contribution in [-0.2, 0) is 0 Å². The predicted molar refractivity (Wildman–Crippen MR) is 90.5 cm³/mol. The van der Waals surface area contributed by atoms with Crippen LogP contribution in [-0.4, -0.2) is 35.6 Å². The van der Waals surface area contributed by atoms with Crippen LogP contribution < -0.4 is 5.32 Å². The molecular weight excluding hydrogens is 256 g/mol. The maximum Gasteiger partial charge on any atom is 0.0131 e. The standard InChI is InChI=1S/C19H36N2/c1-5-21(16-12-14-10-11-15(13-16)20-14)18-9-7-6-8-17(18)19(2,3)4/h14-18,20H,5-13H2,1-4H3. The van der Waals surface area contributed by atoms with E-state index in [1.165, 1.54) is 57.9 Å². The van der Waals surface area contributed by atoms with Gasteiger partial charge in [-0.2, -0.15) is 0 Å². The van der Waals surface area contributed by atoms with E-state index in [-0.39, 0.29) is 0 Å². The van der Waals surface area contributed by atoms with Crippen LogP contribution >= 0.6 is 0 Å². The molecule has 2 heteroatoms. The molecule has 4 atom stereocenters. The summed E-state index contributed by atoms with van der Waals surface area (Å²) < 4.78 is 0. The summed E-state index contributed by atoms with van der Waals surface area (Å²) in [5.41, 5.74) is 0.463. The van der Waals surface area contributed by atoms with E-state index in [2.05, 4.69) is 37.9 Å². The summed E-state index contributed by atoms with van der Waals surface area (Å²) in [4.78, 5) is 2.93. The first-order valence-corrected chi connectivity index (χ1v) is 9.51. The van der Waals surface area contributed by atoms with Crippen molar-refractivity contribution >= 4 is 0 Å². The number of hydrogen-bond donors (Lipinski definition) is 1. The van der Waals surface area contributed by atoms with Gasteiger partial charge in [0.1, 0.15) is 0 Å². The predicted octanol–water partition coefficient (Wildman–Crippen LogP) is 4.20. The number of rotatable bonds is 3. The van der Waals surface area contributed by atoms with E-state index >= 15 is 0 Å². The first-order valence-electron chi connectivity index (χ1n) is 9.51. The maximum atomic E-state index is 3.82. The van der Waals surface area contributed by atoms with Crippen LogP contribution in [0, 0.1) is 11.3 Å². The van der Waals surface area contributed by atoms with Crippen LogP contribution in [0.2, 0.25) is 0 Å². The summed E-state index contributed by atoms with van der Waals surface area (Å²) >= 11 is 0. The zero-order valence-corrected chi connectivity index (χ0v) is 14.7. The summed E-state index contributed by atoms with van der Waals surface area (Å²) in [5.74, 6) is 0.888. The van der Waals surface area contributed by atoms with Crippen molar-refractivity contribution in [3.05, 3.63) is 0 Å². The van der Waals surface area contributed by atoms with E-state index in [0.717, 1.165) is 30.1 Å². The molecule has 1 aliphatic carbocycles. The molecule has 2 aliphatic heterocycles. The number of hydrogen-bond acceptors (Lipinski definition) is 2. The molecule has 0 amide bonds. The van der Waals surface area contributed by atoms with Gasteiger partial charge in [0.15, 0.2) is 0 Å². The quantitative estimate of drug-likeness (QED) is 0.839. The molecule has 4 unspecified atom stereocenters. The fourth-order valence-corrected chi connectivity index (χ4v) is 5.58. The summed E-state index contributed by atoms with van der Waals surface area (Å²) in [6.45, 7) is 11.1. The van der Waals surface area contributed by atoms with E-state index in [1.54, 1.807) is 0 Å². The second kappa shape index (κ2) is 6.20. The Kier molecular flexibility index (Phi) is 4.66. The molecule has 1 saturated carbocycles. The van der Waals surface area contributed by atoms with Gasteiger partial charge in [0.05, 0.1) is 0 Å². The Morgan fingerprint density at radius 3 is 2.14 bits per heavy atom. The second-order valence-corrected chi connectivity index (χ2v) is 8.92. The third-order valence-electron chi connectivity index (χ3n) is 6.55. The van der Waals surface area contributed by atoms with Crippen LogP contribution in [0.3, 0.4) is 0 Å². The van der Waals surface area contributed by atoms with Gasteiger partial charge < -0.3 is 5.32 Å². The Morgan fingerprint density at radius 1 is 0.952 bits per heavy atom. The monoisotopic (exact) mass is 292 g/mol. The lowest BCUT2D eigenvalue weighted by atomic mass is 9.68. The topological polar surface area (TPSA) is 15.3 Å². The average molecular weight is 293 g/mol. The van der Waals surface area contributed by atoms with Gasteiger partial charge in [0, 0.05) is 24.2 Å². The third-order valence-corrected chi connectivity index (χ3v) is 6.55. The van der Waals surface area contributed by atoms with Gasteiger partial charge in [0.2, 0.25) is 0 Å². The second-order valence-electron chi connectivity index (χ2n) is 8.92. The minimum atomic E-state index is 0.463. The first kappa shape index (κ1) is 15.8. The van der Waals surface area contributed by atoms with Crippen LogP contribution in [0.15, 0.2) is 0 Å². The highest BCUT2D eigenvalue weighted by Gasteiger charge is 2.42. The highest BCUT2D eigenvalue weighted by atomic mass is 15.2. The molecule has 0 aromatic carbocycles. The molecular formula is C19H36N2. The highest BCUT2D eigenvalue weighted by Crippen LogP contribution is 2.42. The highest BCUT2D eigenvalue weighted by molar-refractivity contribution is 4.99. The van der Waals surface area contributed by atoms with Gasteiger partial charge in [-0.05, 0) is 56.4 Å². The number of nitrogens with one attached hydrogen (secondary N) is 1. The third kappa shape index (κ3) is 3.32. The van der Waals surface area contributed by atoms with Gasteiger partial charge in [-0.1, -0.05) is 40.5 Å². The normalized spacial score (nSPS) is 40.7. The fourth-order valence-electron chi connectivity index (χ4n) is 5.58. The van der Waals surface area contributed by atoms with Crippen molar-refractivity contribution in [2.45, 2.75) is 103 Å². The van der Waals surface area contributed by atoms with Crippen LogP contribution in [0.4, 0.5) is 0 Å². The zero-order valence-electron chi connectivity index (χ0n) is 14.7. The number of fused-ring (bicyclic) bond motifs is 2.